The molecule has 0 bridgehead atoms. The summed E-state index contributed by atoms with van der Waals surface area (Å²) in [4.78, 5) is 4.88. The van der Waals surface area contributed by atoms with Crippen molar-refractivity contribution < 1.29 is 9.47 Å². The molecule has 0 aliphatic carbocycles. The van der Waals surface area contributed by atoms with E-state index in [2.05, 4.69) is 36.8 Å². The second-order valence-electron chi connectivity index (χ2n) is 7.56. The van der Waals surface area contributed by atoms with Gasteiger partial charge in [0, 0.05) is 26.2 Å². The Morgan fingerprint density at radius 3 is 2.31 bits per heavy atom. The first-order chi connectivity index (χ1) is 12.5. The Kier molecular flexibility index (Phi) is 7.31. The maximum atomic E-state index is 10.1. The number of rotatable bonds is 8. The smallest absolute Gasteiger partial charge is 0.161 e. The first-order valence-electron chi connectivity index (χ1n) is 9.51. The molecule has 26 heavy (non-hydrogen) atoms. The van der Waals surface area contributed by atoms with Crippen LogP contribution in [0.3, 0.4) is 0 Å². The second-order valence-corrected chi connectivity index (χ2v) is 7.56. The summed E-state index contributed by atoms with van der Waals surface area (Å²) in [5.74, 6) is 1.60. The average Bonchev–Trinajstić information content (AvgIpc) is 2.66. The monoisotopic (exact) mass is 359 g/mol. The maximum Gasteiger partial charge on any atom is 0.161 e. The van der Waals surface area contributed by atoms with Gasteiger partial charge in [0.05, 0.1) is 25.7 Å². The third-order valence-electron chi connectivity index (χ3n) is 5.73. The number of methoxy groups -OCH3 is 2. The summed E-state index contributed by atoms with van der Waals surface area (Å²) in [6.07, 6.45) is 1.87. The van der Waals surface area contributed by atoms with Crippen LogP contribution in [0.15, 0.2) is 18.2 Å². The highest BCUT2D eigenvalue weighted by molar-refractivity contribution is 5.47. The Labute approximate surface area is 158 Å². The molecule has 1 atom stereocenters. The lowest BCUT2D eigenvalue weighted by molar-refractivity contribution is 0.149. The predicted molar refractivity (Wildman–Crippen MR) is 105 cm³/mol. The molecule has 1 aromatic carbocycles. The summed E-state index contributed by atoms with van der Waals surface area (Å²) in [6.45, 7) is 9.82. The first kappa shape index (κ1) is 20.5. The van der Waals surface area contributed by atoms with E-state index in [0.717, 1.165) is 51.1 Å². The molecule has 144 valence electrons. The Hall–Kier alpha value is -1.77. The van der Waals surface area contributed by atoms with Gasteiger partial charge < -0.3 is 19.3 Å². The van der Waals surface area contributed by atoms with Crippen molar-refractivity contribution in [1.29, 1.82) is 5.26 Å². The maximum absolute atomic E-state index is 10.1. The van der Waals surface area contributed by atoms with Crippen LogP contribution in [0.1, 0.15) is 32.3 Å². The third kappa shape index (κ3) is 4.49. The number of likely N-dealkylation sites (N-methyl/N-ethyl adjacent to an activating group) is 1. The molecule has 5 nitrogen and oxygen atoms in total. The zero-order valence-corrected chi connectivity index (χ0v) is 16.9. The highest BCUT2D eigenvalue weighted by atomic mass is 16.5. The lowest BCUT2D eigenvalue weighted by Gasteiger charge is -2.35. The van der Waals surface area contributed by atoms with Crippen molar-refractivity contribution in [1.82, 2.24) is 9.80 Å². The number of hydrogen-bond acceptors (Lipinski definition) is 5. The van der Waals surface area contributed by atoms with Crippen LogP contribution in [-0.2, 0) is 5.41 Å². The lowest BCUT2D eigenvalue weighted by atomic mass is 9.69. The fourth-order valence-electron chi connectivity index (χ4n) is 3.78. The zero-order valence-electron chi connectivity index (χ0n) is 16.9. The molecule has 0 saturated carbocycles. The SMILES string of the molecule is COc1ccc(C(C#N)(CCCN2CCN(C)CC2)C(C)C)cc1OC. The largest absolute Gasteiger partial charge is 0.493 e. The summed E-state index contributed by atoms with van der Waals surface area (Å²) in [5.41, 5.74) is 0.512. The standard InChI is InChI=1S/C21H33N3O2/c1-17(2)21(16-22,9-6-10-24-13-11-23(3)12-14-24)18-7-8-19(25-4)20(15-18)26-5/h7-8,15,17H,6,9-14H2,1-5H3. The third-order valence-corrected chi connectivity index (χ3v) is 5.73. The van der Waals surface area contributed by atoms with Gasteiger partial charge in [-0.2, -0.15) is 5.26 Å². The minimum absolute atomic E-state index is 0.220. The van der Waals surface area contributed by atoms with E-state index in [-0.39, 0.29) is 5.92 Å². The minimum Gasteiger partial charge on any atom is -0.493 e. The molecule has 1 heterocycles. The van der Waals surface area contributed by atoms with Crippen molar-refractivity contribution >= 4 is 0 Å². The molecule has 0 aromatic heterocycles. The second kappa shape index (κ2) is 9.25. The van der Waals surface area contributed by atoms with Crippen molar-refractivity contribution in [3.05, 3.63) is 23.8 Å². The van der Waals surface area contributed by atoms with E-state index in [0.29, 0.717) is 11.5 Å². The molecular formula is C21H33N3O2. The summed E-state index contributed by atoms with van der Waals surface area (Å²) in [7, 11) is 5.44. The molecule has 0 spiro atoms. The first-order valence-corrected chi connectivity index (χ1v) is 9.51. The molecule has 0 N–H and O–H groups in total. The summed E-state index contributed by atoms with van der Waals surface area (Å²) >= 11 is 0. The van der Waals surface area contributed by atoms with Crippen molar-refractivity contribution in [2.45, 2.75) is 32.1 Å². The fourth-order valence-corrected chi connectivity index (χ4v) is 3.78. The van der Waals surface area contributed by atoms with Crippen molar-refractivity contribution in [2.75, 3.05) is 54.0 Å². The van der Waals surface area contributed by atoms with Crippen molar-refractivity contribution in [3.63, 3.8) is 0 Å². The van der Waals surface area contributed by atoms with Gasteiger partial charge >= 0.3 is 0 Å². The summed E-state index contributed by atoms with van der Waals surface area (Å²) in [5, 5.41) is 10.1. The quantitative estimate of drug-likeness (QED) is 0.714. The van der Waals surface area contributed by atoms with Gasteiger partial charge in [-0.1, -0.05) is 19.9 Å². The van der Waals surface area contributed by atoms with E-state index < -0.39 is 5.41 Å². The number of benzene rings is 1. The van der Waals surface area contributed by atoms with Crippen LogP contribution in [0.2, 0.25) is 0 Å². The van der Waals surface area contributed by atoms with E-state index in [4.69, 9.17) is 9.47 Å². The number of piperazine rings is 1. The number of ether oxygens (including phenoxy) is 2. The topological polar surface area (TPSA) is 48.7 Å². The molecule has 0 amide bonds. The Morgan fingerprint density at radius 1 is 1.12 bits per heavy atom. The summed E-state index contributed by atoms with van der Waals surface area (Å²) in [6, 6.07) is 8.53. The number of nitriles is 1. The average molecular weight is 360 g/mol. The van der Waals surface area contributed by atoms with Crippen LogP contribution in [-0.4, -0.2) is 63.8 Å². The Balaban J connectivity index is 2.14. The van der Waals surface area contributed by atoms with Gasteiger partial charge in [0.15, 0.2) is 11.5 Å². The number of nitrogens with zero attached hydrogens (tertiary/aromatic N) is 3. The molecule has 1 unspecified atom stereocenters. The lowest BCUT2D eigenvalue weighted by Crippen LogP contribution is -2.45. The molecular weight excluding hydrogens is 326 g/mol. The molecule has 0 radical (unpaired) electrons. The molecule has 1 aliphatic rings. The molecule has 2 rings (SSSR count). The summed E-state index contributed by atoms with van der Waals surface area (Å²) < 4.78 is 10.8. The van der Waals surface area contributed by atoms with Gasteiger partial charge in [0.1, 0.15) is 0 Å². The van der Waals surface area contributed by atoms with Crippen molar-refractivity contribution in [3.8, 4) is 17.6 Å². The Morgan fingerprint density at radius 2 is 1.77 bits per heavy atom. The van der Waals surface area contributed by atoms with Gasteiger partial charge in [-0.3, -0.25) is 0 Å². The highest BCUT2D eigenvalue weighted by Crippen LogP contribution is 2.40. The number of hydrogen-bond donors (Lipinski definition) is 0. The molecule has 1 fully saturated rings. The van der Waals surface area contributed by atoms with Crippen LogP contribution < -0.4 is 9.47 Å². The van der Waals surface area contributed by atoms with Crippen LogP contribution in [0, 0.1) is 17.2 Å². The van der Waals surface area contributed by atoms with Crippen molar-refractivity contribution in [2.24, 2.45) is 5.92 Å². The van der Waals surface area contributed by atoms with Gasteiger partial charge in [0.2, 0.25) is 0 Å². The van der Waals surface area contributed by atoms with Gasteiger partial charge in [-0.05, 0) is 50.0 Å². The van der Waals surface area contributed by atoms with E-state index in [1.54, 1.807) is 14.2 Å². The molecule has 1 aromatic rings. The Bertz CT molecular complexity index is 618. The normalized spacial score (nSPS) is 18.3. The van der Waals surface area contributed by atoms with Crippen LogP contribution in [0.4, 0.5) is 0 Å². The molecule has 5 heteroatoms. The zero-order chi connectivity index (χ0) is 19.2. The highest BCUT2D eigenvalue weighted by Gasteiger charge is 2.36. The van der Waals surface area contributed by atoms with E-state index >= 15 is 0 Å². The van der Waals surface area contributed by atoms with E-state index in [1.807, 2.05) is 18.2 Å². The van der Waals surface area contributed by atoms with Crippen LogP contribution in [0.5, 0.6) is 11.5 Å². The molecule has 1 aliphatic heterocycles. The van der Waals surface area contributed by atoms with Gasteiger partial charge in [0.25, 0.3) is 0 Å². The predicted octanol–water partition coefficient (Wildman–Crippen LogP) is 3.15. The van der Waals surface area contributed by atoms with E-state index in [9.17, 15) is 5.26 Å². The fraction of sp³-hybridized carbons (Fsp3) is 0.667. The van der Waals surface area contributed by atoms with Crippen LogP contribution in [0.25, 0.3) is 0 Å². The molecule has 1 saturated heterocycles. The minimum atomic E-state index is -0.508. The van der Waals surface area contributed by atoms with Gasteiger partial charge in [-0.25, -0.2) is 0 Å². The van der Waals surface area contributed by atoms with Crippen LogP contribution >= 0.6 is 0 Å². The van der Waals surface area contributed by atoms with Gasteiger partial charge in [-0.15, -0.1) is 0 Å². The van der Waals surface area contributed by atoms with E-state index in [1.165, 1.54) is 0 Å².